The number of aromatic amines is 1. The Morgan fingerprint density at radius 2 is 1.17 bits per heavy atom. The van der Waals surface area contributed by atoms with Gasteiger partial charge in [0.15, 0.2) is 0 Å². The van der Waals surface area contributed by atoms with Gasteiger partial charge in [0, 0.05) is 61.8 Å². The van der Waals surface area contributed by atoms with Crippen LogP contribution in [0.3, 0.4) is 0 Å². The summed E-state index contributed by atoms with van der Waals surface area (Å²) in [5.41, 5.74) is 11.1. The lowest BCUT2D eigenvalue weighted by Crippen LogP contribution is -2.12. The predicted octanol–water partition coefficient (Wildman–Crippen LogP) is 12.3. The highest BCUT2D eigenvalue weighted by atomic mass is 15.2. The minimum atomic E-state index is 0.839. The smallest absolute Gasteiger partial charge is 0.137 e. The molecule has 0 fully saturated rings. The largest absolute Gasteiger partial charge is 0.354 e. The van der Waals surface area contributed by atoms with Crippen molar-refractivity contribution in [1.29, 1.82) is 0 Å². The van der Waals surface area contributed by atoms with Crippen molar-refractivity contribution in [2.45, 2.75) is 0 Å². The number of hydrogen-bond acceptors (Lipinski definition) is 4. The molecular weight excluding hydrogens is 635 g/mol. The molecule has 0 radical (unpaired) electrons. The number of aromatic nitrogens is 4. The van der Waals surface area contributed by atoms with E-state index in [2.05, 4.69) is 162 Å². The van der Waals surface area contributed by atoms with E-state index >= 15 is 0 Å². The van der Waals surface area contributed by atoms with Gasteiger partial charge in [-0.05, 0) is 65.5 Å². The second-order valence-corrected chi connectivity index (χ2v) is 13.0. The van der Waals surface area contributed by atoms with Crippen molar-refractivity contribution in [1.82, 2.24) is 19.9 Å². The Hall–Kier alpha value is -7.11. The van der Waals surface area contributed by atoms with Crippen LogP contribution in [0.2, 0.25) is 0 Å². The summed E-state index contributed by atoms with van der Waals surface area (Å²) in [6, 6.07) is 59.4. The molecule has 0 amide bonds. The van der Waals surface area contributed by atoms with Crippen LogP contribution in [0.1, 0.15) is 0 Å². The second kappa shape index (κ2) is 12.3. The molecule has 0 saturated carbocycles. The first kappa shape index (κ1) is 29.8. The van der Waals surface area contributed by atoms with Crippen molar-refractivity contribution in [3.05, 3.63) is 182 Å². The number of anilines is 3. The van der Waals surface area contributed by atoms with Gasteiger partial charge in [-0.3, -0.25) is 9.88 Å². The Labute approximate surface area is 300 Å². The van der Waals surface area contributed by atoms with Gasteiger partial charge in [-0.25, -0.2) is 9.97 Å². The number of hydrogen-bond donors (Lipinski definition) is 1. The van der Waals surface area contributed by atoms with E-state index < -0.39 is 0 Å². The van der Waals surface area contributed by atoms with Crippen molar-refractivity contribution in [2.75, 3.05) is 4.90 Å². The molecule has 0 bridgehead atoms. The van der Waals surface area contributed by atoms with Gasteiger partial charge in [-0.1, -0.05) is 115 Å². The molecule has 0 aliphatic heterocycles. The first-order valence-corrected chi connectivity index (χ1v) is 17.4. The van der Waals surface area contributed by atoms with Gasteiger partial charge >= 0.3 is 0 Å². The van der Waals surface area contributed by atoms with Gasteiger partial charge in [0.25, 0.3) is 0 Å². The van der Waals surface area contributed by atoms with E-state index in [4.69, 9.17) is 15.0 Å². The Morgan fingerprint density at radius 3 is 2.12 bits per heavy atom. The Balaban J connectivity index is 1.20. The fourth-order valence-electron chi connectivity index (χ4n) is 7.48. The standard InChI is InChI=1S/C47H31N5/c1-2-18-36-31(12-1)13-9-24-44(36)52(45-25-5-6-26-48-45)35-17-7-15-33(28-35)42-29-34(37-20-8-14-32-16-11-27-49-46(32)37)30-43(50-42)40-22-10-21-39-38-19-3-4-23-41(38)51-47(39)40/h1-30,51H. The van der Waals surface area contributed by atoms with E-state index in [0.29, 0.717) is 0 Å². The minimum absolute atomic E-state index is 0.839. The molecule has 0 saturated heterocycles. The molecule has 52 heavy (non-hydrogen) atoms. The third-order valence-corrected chi connectivity index (χ3v) is 9.87. The number of para-hydroxylation sites is 3. The van der Waals surface area contributed by atoms with Crippen LogP contribution in [-0.4, -0.2) is 19.9 Å². The molecule has 0 atom stereocenters. The van der Waals surface area contributed by atoms with Crippen molar-refractivity contribution in [2.24, 2.45) is 0 Å². The van der Waals surface area contributed by atoms with Gasteiger partial charge in [0.2, 0.25) is 0 Å². The van der Waals surface area contributed by atoms with Crippen molar-refractivity contribution < 1.29 is 0 Å². The minimum Gasteiger partial charge on any atom is -0.354 e. The molecule has 6 aromatic carbocycles. The predicted molar refractivity (Wildman–Crippen MR) is 215 cm³/mol. The zero-order valence-electron chi connectivity index (χ0n) is 28.1. The summed E-state index contributed by atoms with van der Waals surface area (Å²) in [4.78, 5) is 21.0. The zero-order valence-corrected chi connectivity index (χ0v) is 28.1. The van der Waals surface area contributed by atoms with E-state index in [0.717, 1.165) is 78.2 Å². The second-order valence-electron chi connectivity index (χ2n) is 13.0. The number of fused-ring (bicyclic) bond motifs is 5. The number of nitrogens with one attached hydrogen (secondary N) is 1. The maximum absolute atomic E-state index is 5.42. The highest BCUT2D eigenvalue weighted by Crippen LogP contribution is 2.41. The maximum Gasteiger partial charge on any atom is 0.137 e. The first-order valence-electron chi connectivity index (χ1n) is 17.4. The zero-order chi connectivity index (χ0) is 34.4. The average Bonchev–Trinajstić information content (AvgIpc) is 3.60. The molecule has 10 rings (SSSR count). The van der Waals surface area contributed by atoms with E-state index in [1.54, 1.807) is 0 Å². The van der Waals surface area contributed by atoms with Crippen molar-refractivity contribution in [3.63, 3.8) is 0 Å². The van der Waals surface area contributed by atoms with Crippen LogP contribution in [0.5, 0.6) is 0 Å². The molecule has 0 spiro atoms. The van der Waals surface area contributed by atoms with E-state index in [9.17, 15) is 0 Å². The van der Waals surface area contributed by atoms with Crippen LogP contribution in [-0.2, 0) is 0 Å². The molecule has 4 heterocycles. The first-order chi connectivity index (χ1) is 25.8. The normalized spacial score (nSPS) is 11.5. The number of benzene rings is 6. The molecule has 10 aromatic rings. The van der Waals surface area contributed by atoms with E-state index in [-0.39, 0.29) is 0 Å². The van der Waals surface area contributed by atoms with Crippen molar-refractivity contribution in [3.8, 4) is 33.6 Å². The van der Waals surface area contributed by atoms with E-state index in [1.807, 2.05) is 30.6 Å². The number of nitrogens with zero attached hydrogens (tertiary/aromatic N) is 4. The van der Waals surface area contributed by atoms with Gasteiger partial charge < -0.3 is 4.98 Å². The molecule has 0 aliphatic carbocycles. The van der Waals surface area contributed by atoms with Gasteiger partial charge in [-0.15, -0.1) is 0 Å². The number of H-pyrrole nitrogens is 1. The summed E-state index contributed by atoms with van der Waals surface area (Å²) >= 11 is 0. The monoisotopic (exact) mass is 665 g/mol. The lowest BCUT2D eigenvalue weighted by atomic mass is 9.97. The van der Waals surface area contributed by atoms with Gasteiger partial charge in [0.1, 0.15) is 5.82 Å². The van der Waals surface area contributed by atoms with Gasteiger partial charge in [0.05, 0.1) is 28.1 Å². The average molecular weight is 666 g/mol. The van der Waals surface area contributed by atoms with Gasteiger partial charge in [-0.2, -0.15) is 0 Å². The Bertz CT molecular complexity index is 2920. The Morgan fingerprint density at radius 1 is 0.462 bits per heavy atom. The lowest BCUT2D eigenvalue weighted by Gasteiger charge is -2.26. The highest BCUT2D eigenvalue weighted by Gasteiger charge is 2.19. The third-order valence-electron chi connectivity index (χ3n) is 9.87. The third kappa shape index (κ3) is 5.07. The molecule has 4 aromatic heterocycles. The van der Waals surface area contributed by atoms with Crippen LogP contribution in [0, 0.1) is 0 Å². The van der Waals surface area contributed by atoms with E-state index in [1.165, 1.54) is 16.2 Å². The summed E-state index contributed by atoms with van der Waals surface area (Å²) in [6.45, 7) is 0. The van der Waals surface area contributed by atoms with Crippen LogP contribution in [0.15, 0.2) is 182 Å². The molecule has 1 N–H and O–H groups in total. The fourth-order valence-corrected chi connectivity index (χ4v) is 7.48. The topological polar surface area (TPSA) is 57.7 Å². The molecule has 0 aliphatic rings. The number of rotatable bonds is 6. The molecular formula is C47H31N5. The summed E-state index contributed by atoms with van der Waals surface area (Å²) in [5, 5.41) is 5.80. The summed E-state index contributed by atoms with van der Waals surface area (Å²) < 4.78 is 0. The SMILES string of the molecule is c1ccc(N(c2cccc(-c3cc(-c4cccc5cccnc45)cc(-c4cccc5c4[nH]c4ccccc45)n3)c2)c2cccc3ccccc23)nc1. The fraction of sp³-hybridized carbons (Fsp3) is 0. The van der Waals surface area contributed by atoms with Crippen LogP contribution >= 0.6 is 0 Å². The van der Waals surface area contributed by atoms with Crippen LogP contribution in [0.4, 0.5) is 17.2 Å². The molecule has 5 nitrogen and oxygen atoms in total. The number of pyridine rings is 3. The Kier molecular flexibility index (Phi) is 7.07. The summed E-state index contributed by atoms with van der Waals surface area (Å²) in [7, 11) is 0. The summed E-state index contributed by atoms with van der Waals surface area (Å²) in [6.07, 6.45) is 3.71. The van der Waals surface area contributed by atoms with Crippen LogP contribution < -0.4 is 4.90 Å². The highest BCUT2D eigenvalue weighted by molar-refractivity contribution is 6.12. The quantitative estimate of drug-likeness (QED) is 0.192. The van der Waals surface area contributed by atoms with Crippen molar-refractivity contribution >= 4 is 60.7 Å². The molecule has 0 unspecified atom stereocenters. The molecule has 244 valence electrons. The summed E-state index contributed by atoms with van der Waals surface area (Å²) in [5.74, 6) is 0.839. The lowest BCUT2D eigenvalue weighted by molar-refractivity contribution is 1.19. The molecule has 5 heteroatoms. The van der Waals surface area contributed by atoms with Crippen LogP contribution in [0.25, 0.3) is 77.1 Å². The maximum atomic E-state index is 5.42.